The Hall–Kier alpha value is -3.84. The fourth-order valence-corrected chi connectivity index (χ4v) is 4.53. The van der Waals surface area contributed by atoms with Crippen molar-refractivity contribution in [2.45, 2.75) is 33.2 Å². The first-order valence-corrected chi connectivity index (χ1v) is 12.4. The molecule has 37 heavy (non-hydrogen) atoms. The minimum atomic E-state index is -0.978. The molecule has 1 fully saturated rings. The molecule has 1 saturated heterocycles. The number of nitrogens with zero attached hydrogens (tertiary/aromatic N) is 1. The lowest BCUT2D eigenvalue weighted by Gasteiger charge is -2.26. The number of benzene rings is 3. The summed E-state index contributed by atoms with van der Waals surface area (Å²) in [4.78, 5) is 28.0. The molecule has 0 aromatic heterocycles. The van der Waals surface area contributed by atoms with Crippen molar-refractivity contribution in [2.24, 2.45) is 0 Å². The highest BCUT2D eigenvalue weighted by molar-refractivity contribution is 6.51. The summed E-state index contributed by atoms with van der Waals surface area (Å²) in [6, 6.07) is 15.1. The zero-order chi connectivity index (χ0) is 26.7. The number of hydrogen-bond acceptors (Lipinski definition) is 5. The molecule has 1 heterocycles. The van der Waals surface area contributed by atoms with Gasteiger partial charge in [0, 0.05) is 11.8 Å². The van der Waals surface area contributed by atoms with Gasteiger partial charge in [0.25, 0.3) is 11.7 Å². The Morgan fingerprint density at radius 1 is 0.973 bits per heavy atom. The van der Waals surface area contributed by atoms with Crippen LogP contribution in [0.1, 0.15) is 43.5 Å². The van der Waals surface area contributed by atoms with Crippen LogP contribution in [0.25, 0.3) is 5.76 Å². The molecule has 1 amide bonds. The van der Waals surface area contributed by atoms with Crippen molar-refractivity contribution in [3.8, 4) is 11.5 Å². The van der Waals surface area contributed by atoms with Crippen LogP contribution in [-0.4, -0.2) is 30.0 Å². The van der Waals surface area contributed by atoms with Crippen molar-refractivity contribution in [3.05, 3.63) is 93.8 Å². The number of aliphatic hydroxyl groups is 1. The minimum absolute atomic E-state index is 0.111. The summed E-state index contributed by atoms with van der Waals surface area (Å²) in [7, 11) is 0. The number of carbonyl (C=O) groups is 2. The maximum Gasteiger partial charge on any atom is 0.300 e. The molecule has 6 nitrogen and oxygen atoms in total. The van der Waals surface area contributed by atoms with Gasteiger partial charge in [0.2, 0.25) is 0 Å². The van der Waals surface area contributed by atoms with Gasteiger partial charge in [0.05, 0.1) is 35.4 Å². The fourth-order valence-electron chi connectivity index (χ4n) is 4.36. The van der Waals surface area contributed by atoms with E-state index in [-0.39, 0.29) is 27.6 Å². The molecular weight excluding hydrogens is 497 g/mol. The van der Waals surface area contributed by atoms with Crippen LogP contribution in [0.2, 0.25) is 5.02 Å². The number of aliphatic hydroxyl groups excluding tert-OH is 1. The molecule has 1 N–H and O–H groups in total. The Labute approximate surface area is 219 Å². The van der Waals surface area contributed by atoms with Gasteiger partial charge in [-0.15, -0.1) is 0 Å². The number of aryl methyl sites for hydroxylation is 1. The van der Waals surface area contributed by atoms with Gasteiger partial charge < -0.3 is 14.6 Å². The summed E-state index contributed by atoms with van der Waals surface area (Å²) >= 11 is 6.01. The highest BCUT2D eigenvalue weighted by Crippen LogP contribution is 2.44. The van der Waals surface area contributed by atoms with Crippen LogP contribution in [0.5, 0.6) is 11.5 Å². The molecule has 1 aliphatic heterocycles. The van der Waals surface area contributed by atoms with Crippen molar-refractivity contribution < 1.29 is 28.6 Å². The van der Waals surface area contributed by atoms with Gasteiger partial charge in [-0.3, -0.25) is 14.5 Å². The number of amides is 1. The third kappa shape index (κ3) is 5.04. The second kappa shape index (κ2) is 11.0. The number of Topliss-reactive ketones (excluding diaryl/α,β-unsaturated/α-hetero) is 1. The van der Waals surface area contributed by atoms with Crippen LogP contribution in [0.15, 0.2) is 66.2 Å². The molecule has 0 aliphatic carbocycles. The largest absolute Gasteiger partial charge is 0.507 e. The maximum absolute atomic E-state index is 13.9. The molecular formula is C29H27ClFNO5. The standard InChI is InChI=1S/C29H27ClFNO5/c1-4-17-7-9-18(10-8-17)26-25(27(33)21-13-12-20(36-5-2)16-24(21)37-6-3)28(34)29(35)32(26)19-11-14-23(31)22(30)15-19/h7-16,26,33H,4-6H2,1-3H3/b27-25-. The Balaban J connectivity index is 1.94. The third-order valence-electron chi connectivity index (χ3n) is 6.15. The summed E-state index contributed by atoms with van der Waals surface area (Å²) in [6.07, 6.45) is 0.804. The lowest BCUT2D eigenvalue weighted by atomic mass is 9.94. The van der Waals surface area contributed by atoms with Crippen LogP contribution in [0.4, 0.5) is 10.1 Å². The van der Waals surface area contributed by atoms with Crippen LogP contribution >= 0.6 is 11.6 Å². The molecule has 1 atom stereocenters. The quantitative estimate of drug-likeness (QED) is 0.208. The molecule has 0 spiro atoms. The van der Waals surface area contributed by atoms with Gasteiger partial charge in [-0.05, 0) is 61.7 Å². The molecule has 8 heteroatoms. The van der Waals surface area contributed by atoms with Gasteiger partial charge in [0.1, 0.15) is 23.1 Å². The molecule has 0 bridgehead atoms. The van der Waals surface area contributed by atoms with E-state index in [9.17, 15) is 19.1 Å². The number of anilines is 1. The van der Waals surface area contributed by atoms with Crippen LogP contribution in [-0.2, 0) is 16.0 Å². The van der Waals surface area contributed by atoms with Crippen LogP contribution < -0.4 is 14.4 Å². The van der Waals surface area contributed by atoms with E-state index in [1.54, 1.807) is 25.1 Å². The van der Waals surface area contributed by atoms with Gasteiger partial charge >= 0.3 is 0 Å². The minimum Gasteiger partial charge on any atom is -0.507 e. The first-order valence-electron chi connectivity index (χ1n) is 12.1. The Bertz CT molecular complexity index is 1370. The fraction of sp³-hybridized carbons (Fsp3) is 0.241. The van der Waals surface area contributed by atoms with Crippen LogP contribution in [0.3, 0.4) is 0 Å². The zero-order valence-corrected chi connectivity index (χ0v) is 21.5. The van der Waals surface area contributed by atoms with E-state index in [1.165, 1.54) is 17.0 Å². The number of ether oxygens (including phenoxy) is 2. The zero-order valence-electron chi connectivity index (χ0n) is 20.8. The molecule has 192 valence electrons. The number of halogens is 2. The van der Waals surface area contributed by atoms with Crippen molar-refractivity contribution in [2.75, 3.05) is 18.1 Å². The average Bonchev–Trinajstić information content (AvgIpc) is 3.16. The highest BCUT2D eigenvalue weighted by Gasteiger charge is 2.47. The third-order valence-corrected chi connectivity index (χ3v) is 6.44. The lowest BCUT2D eigenvalue weighted by molar-refractivity contribution is -0.132. The second-order valence-corrected chi connectivity index (χ2v) is 8.79. The van der Waals surface area contributed by atoms with E-state index in [0.717, 1.165) is 18.1 Å². The summed E-state index contributed by atoms with van der Waals surface area (Å²) in [5, 5.41) is 11.3. The second-order valence-electron chi connectivity index (χ2n) is 8.39. The van der Waals surface area contributed by atoms with E-state index in [0.29, 0.717) is 30.3 Å². The molecule has 1 unspecified atom stereocenters. The van der Waals surface area contributed by atoms with Crippen molar-refractivity contribution in [1.82, 2.24) is 0 Å². The smallest absolute Gasteiger partial charge is 0.300 e. The lowest BCUT2D eigenvalue weighted by Crippen LogP contribution is -2.29. The normalized spacial score (nSPS) is 16.8. The number of rotatable bonds is 8. The van der Waals surface area contributed by atoms with Crippen molar-refractivity contribution in [3.63, 3.8) is 0 Å². The SMILES string of the molecule is CCOc1ccc(/C(O)=C2/C(=O)C(=O)N(c3ccc(F)c(Cl)c3)C2c2ccc(CC)cc2)c(OCC)c1. The van der Waals surface area contributed by atoms with E-state index in [1.807, 2.05) is 38.1 Å². The summed E-state index contributed by atoms with van der Waals surface area (Å²) in [6.45, 7) is 6.41. The Morgan fingerprint density at radius 2 is 1.68 bits per heavy atom. The highest BCUT2D eigenvalue weighted by atomic mass is 35.5. The van der Waals surface area contributed by atoms with Gasteiger partial charge in [-0.25, -0.2) is 4.39 Å². The van der Waals surface area contributed by atoms with Crippen molar-refractivity contribution in [1.29, 1.82) is 0 Å². The average molecular weight is 524 g/mol. The molecule has 3 aromatic carbocycles. The van der Waals surface area contributed by atoms with Gasteiger partial charge in [-0.2, -0.15) is 0 Å². The number of hydrogen-bond donors (Lipinski definition) is 1. The topological polar surface area (TPSA) is 76.1 Å². The Morgan fingerprint density at radius 3 is 2.30 bits per heavy atom. The number of carbonyl (C=O) groups excluding carboxylic acids is 2. The molecule has 0 saturated carbocycles. The Kier molecular flexibility index (Phi) is 7.83. The predicted molar refractivity (Wildman–Crippen MR) is 141 cm³/mol. The summed E-state index contributed by atoms with van der Waals surface area (Å²) in [5.74, 6) is -1.93. The van der Waals surface area contributed by atoms with Crippen molar-refractivity contribution >= 4 is 34.7 Å². The predicted octanol–water partition coefficient (Wildman–Crippen LogP) is 6.47. The molecule has 3 aromatic rings. The van der Waals surface area contributed by atoms with E-state index >= 15 is 0 Å². The summed E-state index contributed by atoms with van der Waals surface area (Å²) in [5.41, 5.74) is 2.03. The maximum atomic E-state index is 13.9. The van der Waals surface area contributed by atoms with E-state index < -0.39 is 23.5 Å². The monoisotopic (exact) mass is 523 g/mol. The number of ketones is 1. The molecule has 0 radical (unpaired) electrons. The van der Waals surface area contributed by atoms with E-state index in [4.69, 9.17) is 21.1 Å². The molecule has 4 rings (SSSR count). The summed E-state index contributed by atoms with van der Waals surface area (Å²) < 4.78 is 25.2. The van der Waals surface area contributed by atoms with Crippen LogP contribution in [0, 0.1) is 5.82 Å². The first-order chi connectivity index (χ1) is 17.8. The van der Waals surface area contributed by atoms with Gasteiger partial charge in [0.15, 0.2) is 0 Å². The molecule has 1 aliphatic rings. The van der Waals surface area contributed by atoms with E-state index in [2.05, 4.69) is 0 Å². The first kappa shape index (κ1) is 26.2. The van der Waals surface area contributed by atoms with Gasteiger partial charge in [-0.1, -0.05) is 42.8 Å².